The van der Waals surface area contributed by atoms with Crippen LogP contribution in [0.1, 0.15) is 20.8 Å². The van der Waals surface area contributed by atoms with Crippen LogP contribution in [0.4, 0.5) is 0 Å². The summed E-state index contributed by atoms with van der Waals surface area (Å²) in [7, 11) is 1.58. The van der Waals surface area contributed by atoms with Crippen LogP contribution in [0.2, 0.25) is 5.02 Å². The van der Waals surface area contributed by atoms with E-state index in [1.807, 2.05) is 37.3 Å². The zero-order valence-electron chi connectivity index (χ0n) is 18.9. The number of fused-ring (bicyclic) bond motifs is 1. The van der Waals surface area contributed by atoms with Crippen LogP contribution >= 0.6 is 22.9 Å². The minimum Gasteiger partial charge on any atom is -0.497 e. The molecule has 0 spiro atoms. The van der Waals surface area contributed by atoms with Gasteiger partial charge in [-0.1, -0.05) is 23.7 Å². The van der Waals surface area contributed by atoms with Gasteiger partial charge in [-0.25, -0.2) is 10.2 Å². The number of hydrogen-bond donors (Lipinski definition) is 1. The molecule has 0 atom stereocenters. The molecule has 1 heterocycles. The van der Waals surface area contributed by atoms with Crippen LogP contribution in [0.5, 0.6) is 17.2 Å². The number of carbonyl (C=O) groups is 2. The Hall–Kier alpha value is -3.88. The van der Waals surface area contributed by atoms with Gasteiger partial charge in [0.2, 0.25) is 0 Å². The lowest BCUT2D eigenvalue weighted by Crippen LogP contribution is -2.24. The van der Waals surface area contributed by atoms with Crippen LogP contribution in [0.25, 0.3) is 10.1 Å². The monoisotopic (exact) mass is 508 g/mol. The van der Waals surface area contributed by atoms with Gasteiger partial charge in [-0.05, 0) is 72.6 Å². The fraction of sp³-hybridized carbons (Fsp3) is 0.115. The first-order valence-electron chi connectivity index (χ1n) is 10.5. The second kappa shape index (κ2) is 11.0. The van der Waals surface area contributed by atoms with Crippen LogP contribution in [0.3, 0.4) is 0 Å². The summed E-state index contributed by atoms with van der Waals surface area (Å²) in [4.78, 5) is 24.9. The predicted molar refractivity (Wildman–Crippen MR) is 137 cm³/mol. The number of esters is 1. The van der Waals surface area contributed by atoms with Gasteiger partial charge in [0.05, 0.1) is 18.3 Å². The maximum atomic E-state index is 12.7. The molecule has 0 aliphatic rings. The zero-order valence-corrected chi connectivity index (χ0v) is 20.5. The highest BCUT2D eigenvalue weighted by molar-refractivity contribution is 7.21. The summed E-state index contributed by atoms with van der Waals surface area (Å²) in [6.07, 6.45) is 1.48. The zero-order chi connectivity index (χ0) is 24.8. The highest BCUT2D eigenvalue weighted by Gasteiger charge is 2.19. The Morgan fingerprint density at radius 2 is 1.80 bits per heavy atom. The minimum atomic E-state index is -0.544. The third-order valence-electron chi connectivity index (χ3n) is 4.88. The number of amides is 1. The van der Waals surface area contributed by atoms with E-state index in [1.165, 1.54) is 17.6 Å². The Morgan fingerprint density at radius 3 is 2.54 bits per heavy atom. The molecule has 1 N–H and O–H groups in total. The standard InChI is InChI=1S/C26H21ClN2O5S/c1-16-4-3-5-20(12-16)33-15-23(30)29-28-14-17-6-8-18(9-7-17)34-26(31)25-24(27)21-11-10-19(32-2)13-22(21)35-25/h3-14H,15H2,1-2H3,(H,29,30)/b28-14+. The van der Waals surface area contributed by atoms with Crippen LogP contribution in [0.15, 0.2) is 71.8 Å². The summed E-state index contributed by atoms with van der Waals surface area (Å²) in [5.74, 6) is 0.728. The Balaban J connectivity index is 1.31. The largest absolute Gasteiger partial charge is 0.497 e. The molecule has 4 rings (SSSR count). The number of nitrogens with zero attached hydrogens (tertiary/aromatic N) is 1. The van der Waals surface area contributed by atoms with Crippen molar-refractivity contribution < 1.29 is 23.8 Å². The number of ether oxygens (including phenoxy) is 3. The number of benzene rings is 3. The number of aryl methyl sites for hydroxylation is 1. The van der Waals surface area contributed by atoms with E-state index in [-0.39, 0.29) is 12.5 Å². The molecular formula is C26H21ClN2O5S. The molecule has 0 radical (unpaired) electrons. The molecule has 0 bridgehead atoms. The van der Waals surface area contributed by atoms with Crippen molar-refractivity contribution in [2.45, 2.75) is 6.92 Å². The number of hydrogen-bond acceptors (Lipinski definition) is 7. The molecule has 0 aliphatic heterocycles. The van der Waals surface area contributed by atoms with Gasteiger partial charge in [-0.2, -0.15) is 5.10 Å². The number of halogens is 1. The van der Waals surface area contributed by atoms with Gasteiger partial charge in [0, 0.05) is 10.1 Å². The first kappa shape index (κ1) is 24.3. The molecule has 0 saturated carbocycles. The van der Waals surface area contributed by atoms with Crippen molar-refractivity contribution in [3.8, 4) is 17.2 Å². The second-order valence-electron chi connectivity index (χ2n) is 7.46. The van der Waals surface area contributed by atoms with E-state index in [2.05, 4.69) is 10.5 Å². The molecule has 35 heavy (non-hydrogen) atoms. The fourth-order valence-electron chi connectivity index (χ4n) is 3.14. The number of rotatable bonds is 8. The number of nitrogens with one attached hydrogen (secondary N) is 1. The highest BCUT2D eigenvalue weighted by atomic mass is 35.5. The highest BCUT2D eigenvalue weighted by Crippen LogP contribution is 2.37. The molecule has 7 nitrogen and oxygen atoms in total. The summed E-state index contributed by atoms with van der Waals surface area (Å²) in [6, 6.07) is 19.5. The van der Waals surface area contributed by atoms with E-state index in [9.17, 15) is 9.59 Å². The van der Waals surface area contributed by atoms with Crippen molar-refractivity contribution in [2.75, 3.05) is 13.7 Å². The molecule has 1 aromatic heterocycles. The van der Waals surface area contributed by atoms with Crippen LogP contribution in [-0.2, 0) is 4.79 Å². The number of hydrazone groups is 1. The van der Waals surface area contributed by atoms with Gasteiger partial charge in [0.25, 0.3) is 5.91 Å². The maximum Gasteiger partial charge on any atom is 0.355 e. The Labute approximate surface area is 210 Å². The molecule has 178 valence electrons. The minimum absolute atomic E-state index is 0.150. The van der Waals surface area contributed by atoms with Gasteiger partial charge in [-0.3, -0.25) is 4.79 Å². The van der Waals surface area contributed by atoms with Crippen molar-refractivity contribution in [3.05, 3.63) is 87.8 Å². The Morgan fingerprint density at radius 1 is 1.03 bits per heavy atom. The van der Waals surface area contributed by atoms with Crippen LogP contribution in [-0.4, -0.2) is 31.8 Å². The van der Waals surface area contributed by atoms with Gasteiger partial charge in [0.1, 0.15) is 22.1 Å². The van der Waals surface area contributed by atoms with E-state index in [0.29, 0.717) is 32.7 Å². The molecule has 3 aromatic carbocycles. The van der Waals surface area contributed by atoms with Crippen LogP contribution < -0.4 is 19.6 Å². The smallest absolute Gasteiger partial charge is 0.355 e. The average molecular weight is 509 g/mol. The van der Waals surface area contributed by atoms with Gasteiger partial charge < -0.3 is 14.2 Å². The second-order valence-corrected chi connectivity index (χ2v) is 8.89. The SMILES string of the molecule is COc1ccc2c(Cl)c(C(=O)Oc3ccc(/C=N/NC(=O)COc4cccc(C)c4)cc3)sc2c1. The lowest BCUT2D eigenvalue weighted by atomic mass is 10.2. The predicted octanol–water partition coefficient (Wildman–Crippen LogP) is 5.62. The van der Waals surface area contributed by atoms with E-state index < -0.39 is 5.97 Å². The molecule has 0 saturated heterocycles. The number of methoxy groups -OCH3 is 1. The fourth-order valence-corrected chi connectivity index (χ4v) is 4.56. The Bertz CT molecular complexity index is 1400. The van der Waals surface area contributed by atoms with Crippen molar-refractivity contribution in [3.63, 3.8) is 0 Å². The van der Waals surface area contributed by atoms with Gasteiger partial charge in [-0.15, -0.1) is 11.3 Å². The quantitative estimate of drug-likeness (QED) is 0.144. The van der Waals surface area contributed by atoms with E-state index in [1.54, 1.807) is 43.5 Å². The lowest BCUT2D eigenvalue weighted by Gasteiger charge is -2.05. The topological polar surface area (TPSA) is 86.2 Å². The third kappa shape index (κ3) is 6.17. The van der Waals surface area contributed by atoms with E-state index in [0.717, 1.165) is 15.6 Å². The molecule has 9 heteroatoms. The first-order chi connectivity index (χ1) is 16.9. The van der Waals surface area contributed by atoms with E-state index >= 15 is 0 Å². The first-order valence-corrected chi connectivity index (χ1v) is 11.7. The van der Waals surface area contributed by atoms with Gasteiger partial charge >= 0.3 is 5.97 Å². The third-order valence-corrected chi connectivity index (χ3v) is 6.51. The summed E-state index contributed by atoms with van der Waals surface area (Å²) in [5.41, 5.74) is 4.16. The molecular weight excluding hydrogens is 488 g/mol. The summed E-state index contributed by atoms with van der Waals surface area (Å²) >= 11 is 7.64. The molecule has 0 aliphatic carbocycles. The summed E-state index contributed by atoms with van der Waals surface area (Å²) in [6.45, 7) is 1.79. The normalized spacial score (nSPS) is 10.9. The average Bonchev–Trinajstić information content (AvgIpc) is 3.19. The van der Waals surface area contributed by atoms with Crippen molar-refractivity contribution in [1.82, 2.24) is 5.43 Å². The van der Waals surface area contributed by atoms with Crippen molar-refractivity contribution >= 4 is 51.1 Å². The lowest BCUT2D eigenvalue weighted by molar-refractivity contribution is -0.123. The number of carbonyl (C=O) groups excluding carboxylic acids is 2. The Kier molecular flexibility index (Phi) is 7.64. The molecule has 4 aromatic rings. The molecule has 0 fully saturated rings. The van der Waals surface area contributed by atoms with Crippen molar-refractivity contribution in [2.24, 2.45) is 5.10 Å². The van der Waals surface area contributed by atoms with Crippen LogP contribution in [0, 0.1) is 6.92 Å². The molecule has 1 amide bonds. The van der Waals surface area contributed by atoms with E-state index in [4.69, 9.17) is 25.8 Å². The molecule has 0 unspecified atom stereocenters. The summed E-state index contributed by atoms with van der Waals surface area (Å²) < 4.78 is 17.0. The maximum absolute atomic E-state index is 12.7. The summed E-state index contributed by atoms with van der Waals surface area (Å²) in [5, 5.41) is 5.04. The number of thiophene rings is 1. The van der Waals surface area contributed by atoms with Gasteiger partial charge in [0.15, 0.2) is 6.61 Å². The van der Waals surface area contributed by atoms with Crippen molar-refractivity contribution in [1.29, 1.82) is 0 Å².